The first kappa shape index (κ1) is 11.7. The van der Waals surface area contributed by atoms with Crippen molar-refractivity contribution in [2.75, 3.05) is 5.73 Å². The molecule has 17 heavy (non-hydrogen) atoms. The monoisotopic (exact) mass is 260 g/mol. The average molecular weight is 261 g/mol. The van der Waals surface area contributed by atoms with Crippen LogP contribution in [0.15, 0.2) is 28.8 Å². The molecule has 0 bridgehead atoms. The highest BCUT2D eigenvalue weighted by molar-refractivity contribution is 6.35. The third kappa shape index (κ3) is 2.47. The first-order valence-corrected chi connectivity index (χ1v) is 4.91. The second kappa shape index (κ2) is 4.58. The number of ether oxygens (including phenoxy) is 1. The van der Waals surface area contributed by atoms with Crippen LogP contribution in [-0.4, -0.2) is 11.8 Å². The zero-order valence-corrected chi connectivity index (χ0v) is 9.12. The van der Waals surface area contributed by atoms with Crippen LogP contribution in [0.4, 0.5) is 14.6 Å². The van der Waals surface area contributed by atoms with Gasteiger partial charge < -0.3 is 15.0 Å². The molecule has 90 valence electrons. The number of nitrogens with zero attached hydrogens (tertiary/aromatic N) is 1. The number of alkyl halides is 2. The highest BCUT2D eigenvalue weighted by Crippen LogP contribution is 2.32. The number of rotatable bonds is 3. The van der Waals surface area contributed by atoms with Gasteiger partial charge >= 0.3 is 6.61 Å². The zero-order valence-electron chi connectivity index (χ0n) is 8.36. The van der Waals surface area contributed by atoms with Crippen molar-refractivity contribution in [3.63, 3.8) is 0 Å². The van der Waals surface area contributed by atoms with Crippen molar-refractivity contribution in [1.29, 1.82) is 0 Å². The first-order valence-electron chi connectivity index (χ1n) is 4.54. The van der Waals surface area contributed by atoms with Crippen molar-refractivity contribution >= 4 is 17.4 Å². The Bertz CT molecular complexity index is 514. The van der Waals surface area contributed by atoms with Gasteiger partial charge in [0, 0.05) is 5.56 Å². The molecule has 0 aliphatic heterocycles. The Hall–Kier alpha value is -1.82. The van der Waals surface area contributed by atoms with Gasteiger partial charge in [0.05, 0.1) is 0 Å². The quantitative estimate of drug-likeness (QED) is 0.921. The number of hydrogen-bond donors (Lipinski definition) is 1. The Morgan fingerprint density at radius 3 is 2.41 bits per heavy atom. The van der Waals surface area contributed by atoms with Crippen LogP contribution in [0.2, 0.25) is 5.02 Å². The molecule has 0 saturated heterocycles. The van der Waals surface area contributed by atoms with E-state index in [4.69, 9.17) is 21.9 Å². The van der Waals surface area contributed by atoms with Crippen molar-refractivity contribution < 1.29 is 18.0 Å². The zero-order chi connectivity index (χ0) is 12.4. The van der Waals surface area contributed by atoms with Gasteiger partial charge in [-0.15, -0.1) is 0 Å². The molecule has 0 radical (unpaired) electrons. The SMILES string of the molecule is Nc1noc(-c2ccc(OC(F)F)cc2)c1Cl. The Kier molecular flexibility index (Phi) is 3.14. The van der Waals surface area contributed by atoms with Crippen molar-refractivity contribution in [2.45, 2.75) is 6.61 Å². The number of nitrogen functional groups attached to an aromatic ring is 1. The number of aromatic nitrogens is 1. The minimum atomic E-state index is -2.86. The first-order chi connectivity index (χ1) is 8.08. The molecule has 0 aliphatic rings. The Morgan fingerprint density at radius 2 is 1.94 bits per heavy atom. The predicted molar refractivity (Wildman–Crippen MR) is 58.0 cm³/mol. The van der Waals surface area contributed by atoms with Gasteiger partial charge in [0.15, 0.2) is 11.6 Å². The maximum Gasteiger partial charge on any atom is 0.387 e. The number of halogens is 3. The minimum Gasteiger partial charge on any atom is -0.435 e. The topological polar surface area (TPSA) is 61.3 Å². The van der Waals surface area contributed by atoms with Crippen LogP contribution in [0, 0.1) is 0 Å². The summed E-state index contributed by atoms with van der Waals surface area (Å²) in [6.07, 6.45) is 0. The maximum absolute atomic E-state index is 11.9. The highest BCUT2D eigenvalue weighted by atomic mass is 35.5. The summed E-state index contributed by atoms with van der Waals surface area (Å²) in [5, 5.41) is 3.67. The number of hydrogen-bond acceptors (Lipinski definition) is 4. The van der Waals surface area contributed by atoms with Crippen molar-refractivity contribution in [1.82, 2.24) is 5.16 Å². The Morgan fingerprint density at radius 1 is 1.29 bits per heavy atom. The highest BCUT2D eigenvalue weighted by Gasteiger charge is 2.13. The summed E-state index contributed by atoms with van der Waals surface area (Å²) in [6, 6.07) is 5.78. The lowest BCUT2D eigenvalue weighted by Crippen LogP contribution is -2.01. The summed E-state index contributed by atoms with van der Waals surface area (Å²) in [7, 11) is 0. The van der Waals surface area contributed by atoms with Gasteiger partial charge in [-0.3, -0.25) is 0 Å². The number of nitrogens with two attached hydrogens (primary N) is 1. The van der Waals surface area contributed by atoms with Crippen molar-refractivity contribution in [3.05, 3.63) is 29.3 Å². The fourth-order valence-corrected chi connectivity index (χ4v) is 1.44. The molecule has 1 heterocycles. The molecule has 0 saturated carbocycles. The molecule has 0 aliphatic carbocycles. The van der Waals surface area contributed by atoms with E-state index in [0.717, 1.165) is 0 Å². The van der Waals surface area contributed by atoms with E-state index in [-0.39, 0.29) is 22.4 Å². The molecule has 2 aromatic rings. The third-order valence-corrected chi connectivity index (χ3v) is 2.37. The number of anilines is 1. The minimum absolute atomic E-state index is 0.0485. The maximum atomic E-state index is 11.9. The molecule has 0 unspecified atom stereocenters. The molecule has 0 spiro atoms. The van der Waals surface area contributed by atoms with Crippen molar-refractivity contribution in [2.24, 2.45) is 0 Å². The van der Waals surface area contributed by atoms with Crippen LogP contribution in [-0.2, 0) is 0 Å². The normalized spacial score (nSPS) is 10.8. The molecule has 2 rings (SSSR count). The molecule has 0 fully saturated rings. The second-order valence-electron chi connectivity index (χ2n) is 3.11. The fraction of sp³-hybridized carbons (Fsp3) is 0.100. The van der Waals surface area contributed by atoms with Gasteiger partial charge in [-0.2, -0.15) is 8.78 Å². The van der Waals surface area contributed by atoms with E-state index < -0.39 is 6.61 Å². The van der Waals surface area contributed by atoms with E-state index >= 15 is 0 Å². The smallest absolute Gasteiger partial charge is 0.387 e. The molecule has 1 aromatic carbocycles. The van der Waals surface area contributed by atoms with Gasteiger partial charge in [-0.25, -0.2) is 0 Å². The molecule has 2 N–H and O–H groups in total. The average Bonchev–Trinajstić information content (AvgIpc) is 2.60. The largest absolute Gasteiger partial charge is 0.435 e. The molecule has 0 atom stereocenters. The molecule has 7 heteroatoms. The summed E-state index contributed by atoms with van der Waals surface area (Å²) in [5.74, 6) is 0.412. The lowest BCUT2D eigenvalue weighted by Gasteiger charge is -2.04. The van der Waals surface area contributed by atoms with Gasteiger partial charge in [0.1, 0.15) is 10.8 Å². The summed E-state index contributed by atoms with van der Waals surface area (Å²) >= 11 is 5.83. The van der Waals surface area contributed by atoms with Crippen LogP contribution in [0.5, 0.6) is 5.75 Å². The van der Waals surface area contributed by atoms with Gasteiger partial charge in [0.2, 0.25) is 0 Å². The number of benzene rings is 1. The van der Waals surface area contributed by atoms with Crippen LogP contribution in [0.25, 0.3) is 11.3 Å². The standard InChI is InChI=1S/C10H7ClF2N2O2/c11-7-8(17-15-9(7)14)5-1-3-6(4-2-5)16-10(12)13/h1-4,10H,(H2,14,15). The molecule has 4 nitrogen and oxygen atoms in total. The molecule has 0 amide bonds. The summed E-state index contributed by atoms with van der Waals surface area (Å²) in [4.78, 5) is 0. The Labute approximate surface area is 99.9 Å². The van der Waals surface area contributed by atoms with E-state index in [2.05, 4.69) is 9.89 Å². The predicted octanol–water partition coefficient (Wildman–Crippen LogP) is 3.18. The lowest BCUT2D eigenvalue weighted by molar-refractivity contribution is -0.0498. The van der Waals surface area contributed by atoms with E-state index in [1.54, 1.807) is 0 Å². The third-order valence-electron chi connectivity index (χ3n) is 2.00. The lowest BCUT2D eigenvalue weighted by atomic mass is 10.1. The van der Waals surface area contributed by atoms with E-state index in [1.807, 2.05) is 0 Å². The molecular weight excluding hydrogens is 254 g/mol. The fourth-order valence-electron chi connectivity index (χ4n) is 1.26. The Balaban J connectivity index is 2.26. The van der Waals surface area contributed by atoms with E-state index in [0.29, 0.717) is 5.56 Å². The van der Waals surface area contributed by atoms with Crippen LogP contribution in [0.3, 0.4) is 0 Å². The van der Waals surface area contributed by atoms with Crippen LogP contribution in [0.1, 0.15) is 0 Å². The van der Waals surface area contributed by atoms with Crippen molar-refractivity contribution in [3.8, 4) is 17.1 Å². The molecule has 1 aromatic heterocycles. The summed E-state index contributed by atoms with van der Waals surface area (Å²) in [5.41, 5.74) is 5.98. The summed E-state index contributed by atoms with van der Waals surface area (Å²) < 4.78 is 33.0. The summed E-state index contributed by atoms with van der Waals surface area (Å²) in [6.45, 7) is -2.86. The second-order valence-corrected chi connectivity index (χ2v) is 3.49. The molecular formula is C10H7ClF2N2O2. The van der Waals surface area contributed by atoms with Crippen LogP contribution < -0.4 is 10.5 Å². The van der Waals surface area contributed by atoms with E-state index in [9.17, 15) is 8.78 Å². The van der Waals surface area contributed by atoms with Gasteiger partial charge in [-0.05, 0) is 24.3 Å². The van der Waals surface area contributed by atoms with Gasteiger partial charge in [0.25, 0.3) is 0 Å². The van der Waals surface area contributed by atoms with E-state index in [1.165, 1.54) is 24.3 Å². The van der Waals surface area contributed by atoms with Crippen LogP contribution >= 0.6 is 11.6 Å². The van der Waals surface area contributed by atoms with Gasteiger partial charge in [-0.1, -0.05) is 16.8 Å².